The smallest absolute Gasteiger partial charge is 0.243 e. The molecular formula is C14H17BrN2O. The zero-order valence-corrected chi connectivity index (χ0v) is 11.8. The molecule has 1 amide bonds. The monoisotopic (exact) mass is 308 g/mol. The highest BCUT2D eigenvalue weighted by Crippen LogP contribution is 2.23. The standard InChI is InChI=1S/C14H17BrN2O/c15-13-8-4-5-11(9-13)10-16-17-14(18)12-6-2-1-3-7-12/h4-5,8-10,12H,1-3,6-7H2,(H,17,18)/b16-10+. The summed E-state index contributed by atoms with van der Waals surface area (Å²) in [6.07, 6.45) is 7.24. The number of hydrogen-bond acceptors (Lipinski definition) is 2. The van der Waals surface area contributed by atoms with Crippen molar-refractivity contribution in [3.05, 3.63) is 34.3 Å². The van der Waals surface area contributed by atoms with E-state index in [2.05, 4.69) is 26.5 Å². The third-order valence-electron chi connectivity index (χ3n) is 3.21. The Labute approximate surface area is 116 Å². The summed E-state index contributed by atoms with van der Waals surface area (Å²) < 4.78 is 1.00. The molecule has 18 heavy (non-hydrogen) atoms. The number of amides is 1. The summed E-state index contributed by atoms with van der Waals surface area (Å²) in [4.78, 5) is 11.8. The minimum Gasteiger partial charge on any atom is -0.273 e. The molecule has 1 fully saturated rings. The van der Waals surface area contributed by atoms with E-state index in [9.17, 15) is 4.79 Å². The maximum atomic E-state index is 11.8. The molecular weight excluding hydrogens is 292 g/mol. The van der Waals surface area contributed by atoms with Gasteiger partial charge in [0.15, 0.2) is 0 Å². The number of hydrazone groups is 1. The molecule has 1 aromatic carbocycles. The van der Waals surface area contributed by atoms with Crippen LogP contribution in [0.15, 0.2) is 33.8 Å². The maximum Gasteiger partial charge on any atom is 0.243 e. The fourth-order valence-electron chi connectivity index (χ4n) is 2.21. The van der Waals surface area contributed by atoms with Crippen molar-refractivity contribution in [1.29, 1.82) is 0 Å². The molecule has 1 aliphatic carbocycles. The number of carbonyl (C=O) groups is 1. The largest absolute Gasteiger partial charge is 0.273 e. The quantitative estimate of drug-likeness (QED) is 0.674. The Hall–Kier alpha value is -1.16. The van der Waals surface area contributed by atoms with E-state index in [0.29, 0.717) is 0 Å². The number of benzene rings is 1. The van der Waals surface area contributed by atoms with Crippen molar-refractivity contribution < 1.29 is 4.79 Å². The predicted octanol–water partition coefficient (Wildman–Crippen LogP) is 3.48. The van der Waals surface area contributed by atoms with Crippen LogP contribution in [0.1, 0.15) is 37.7 Å². The third-order valence-corrected chi connectivity index (χ3v) is 3.71. The molecule has 0 unspecified atom stereocenters. The summed E-state index contributed by atoms with van der Waals surface area (Å²) in [7, 11) is 0. The molecule has 0 heterocycles. The van der Waals surface area contributed by atoms with E-state index in [0.717, 1.165) is 35.7 Å². The number of carbonyl (C=O) groups excluding carboxylic acids is 1. The van der Waals surface area contributed by atoms with Crippen LogP contribution in [0.3, 0.4) is 0 Å². The van der Waals surface area contributed by atoms with Gasteiger partial charge in [-0.2, -0.15) is 5.10 Å². The van der Waals surface area contributed by atoms with Gasteiger partial charge >= 0.3 is 0 Å². The normalized spacial score (nSPS) is 16.9. The molecule has 1 saturated carbocycles. The number of nitrogens with one attached hydrogen (secondary N) is 1. The first-order valence-electron chi connectivity index (χ1n) is 6.34. The van der Waals surface area contributed by atoms with Crippen molar-refractivity contribution in [2.24, 2.45) is 11.0 Å². The minimum atomic E-state index is 0.0564. The van der Waals surface area contributed by atoms with Crippen molar-refractivity contribution in [3.8, 4) is 0 Å². The molecule has 0 bridgehead atoms. The number of rotatable bonds is 3. The summed E-state index contributed by atoms with van der Waals surface area (Å²) >= 11 is 3.40. The fraction of sp³-hybridized carbons (Fsp3) is 0.429. The van der Waals surface area contributed by atoms with Crippen LogP contribution in [0, 0.1) is 5.92 Å². The first kappa shape index (κ1) is 13.3. The van der Waals surface area contributed by atoms with Crippen LogP contribution in [0.25, 0.3) is 0 Å². The molecule has 0 aliphatic heterocycles. The van der Waals surface area contributed by atoms with Gasteiger partial charge in [-0.05, 0) is 30.5 Å². The molecule has 0 atom stereocenters. The molecule has 1 aliphatic rings. The summed E-state index contributed by atoms with van der Waals surface area (Å²) in [5.41, 5.74) is 3.60. The molecule has 96 valence electrons. The predicted molar refractivity (Wildman–Crippen MR) is 76.5 cm³/mol. The van der Waals surface area contributed by atoms with Gasteiger partial charge in [0.2, 0.25) is 5.91 Å². The fourth-order valence-corrected chi connectivity index (χ4v) is 2.63. The summed E-state index contributed by atoms with van der Waals surface area (Å²) in [5.74, 6) is 0.208. The summed E-state index contributed by atoms with van der Waals surface area (Å²) in [6.45, 7) is 0. The van der Waals surface area contributed by atoms with Crippen LogP contribution in [0.5, 0.6) is 0 Å². The Balaban J connectivity index is 1.85. The second-order valence-corrected chi connectivity index (χ2v) is 5.54. The van der Waals surface area contributed by atoms with Crippen LogP contribution in [-0.2, 0) is 4.79 Å². The molecule has 1 aromatic rings. The lowest BCUT2D eigenvalue weighted by Crippen LogP contribution is -2.28. The number of hydrogen-bond donors (Lipinski definition) is 1. The Morgan fingerprint density at radius 3 is 2.83 bits per heavy atom. The van der Waals surface area contributed by atoms with E-state index in [-0.39, 0.29) is 11.8 Å². The van der Waals surface area contributed by atoms with Crippen molar-refractivity contribution in [2.45, 2.75) is 32.1 Å². The minimum absolute atomic E-state index is 0.0564. The average Bonchev–Trinajstić information content (AvgIpc) is 2.40. The molecule has 4 heteroatoms. The Bertz CT molecular complexity index is 439. The highest BCUT2D eigenvalue weighted by Gasteiger charge is 2.20. The lowest BCUT2D eigenvalue weighted by molar-refractivity contribution is -0.125. The van der Waals surface area contributed by atoms with Gasteiger partial charge in [0, 0.05) is 10.4 Å². The molecule has 0 radical (unpaired) electrons. The molecule has 1 N–H and O–H groups in total. The van der Waals surface area contributed by atoms with Gasteiger partial charge in [0.1, 0.15) is 0 Å². The van der Waals surface area contributed by atoms with Gasteiger partial charge in [-0.15, -0.1) is 0 Å². The van der Waals surface area contributed by atoms with Crippen molar-refractivity contribution in [2.75, 3.05) is 0 Å². The van der Waals surface area contributed by atoms with Gasteiger partial charge in [-0.25, -0.2) is 5.43 Å². The van der Waals surface area contributed by atoms with E-state index in [1.165, 1.54) is 6.42 Å². The van der Waals surface area contributed by atoms with Crippen molar-refractivity contribution >= 4 is 28.1 Å². The number of halogens is 1. The highest BCUT2D eigenvalue weighted by atomic mass is 79.9. The topological polar surface area (TPSA) is 41.5 Å². The van der Waals surface area contributed by atoms with Crippen LogP contribution >= 0.6 is 15.9 Å². The van der Waals surface area contributed by atoms with Gasteiger partial charge in [-0.1, -0.05) is 47.3 Å². The zero-order valence-electron chi connectivity index (χ0n) is 10.2. The first-order valence-corrected chi connectivity index (χ1v) is 7.13. The highest BCUT2D eigenvalue weighted by molar-refractivity contribution is 9.10. The Morgan fingerprint density at radius 2 is 2.11 bits per heavy atom. The van der Waals surface area contributed by atoms with Gasteiger partial charge in [0.05, 0.1) is 6.21 Å². The molecule has 2 rings (SSSR count). The van der Waals surface area contributed by atoms with Crippen LogP contribution < -0.4 is 5.43 Å². The zero-order chi connectivity index (χ0) is 12.8. The second-order valence-electron chi connectivity index (χ2n) is 4.62. The van der Waals surface area contributed by atoms with Crippen LogP contribution in [0.4, 0.5) is 0 Å². The van der Waals surface area contributed by atoms with Gasteiger partial charge in [0.25, 0.3) is 0 Å². The number of nitrogens with zero attached hydrogens (tertiary/aromatic N) is 1. The van der Waals surface area contributed by atoms with Gasteiger partial charge in [-0.3, -0.25) is 4.79 Å². The van der Waals surface area contributed by atoms with E-state index >= 15 is 0 Å². The van der Waals surface area contributed by atoms with Gasteiger partial charge < -0.3 is 0 Å². The second kappa shape index (κ2) is 6.69. The SMILES string of the molecule is O=C(N/N=C/c1cccc(Br)c1)C1CCCCC1. The molecule has 3 nitrogen and oxygen atoms in total. The lowest BCUT2D eigenvalue weighted by atomic mass is 9.89. The van der Waals surface area contributed by atoms with E-state index in [4.69, 9.17) is 0 Å². The first-order chi connectivity index (χ1) is 8.75. The summed E-state index contributed by atoms with van der Waals surface area (Å²) in [6, 6.07) is 7.80. The molecule has 0 spiro atoms. The lowest BCUT2D eigenvalue weighted by Gasteiger charge is -2.19. The van der Waals surface area contributed by atoms with Crippen LogP contribution in [-0.4, -0.2) is 12.1 Å². The maximum absolute atomic E-state index is 11.8. The Kier molecular flexibility index (Phi) is 4.93. The van der Waals surface area contributed by atoms with E-state index < -0.39 is 0 Å². The summed E-state index contributed by atoms with van der Waals surface area (Å²) in [5, 5.41) is 4.01. The van der Waals surface area contributed by atoms with E-state index in [1.807, 2.05) is 24.3 Å². The molecule has 0 saturated heterocycles. The third kappa shape index (κ3) is 3.95. The van der Waals surface area contributed by atoms with E-state index in [1.54, 1.807) is 6.21 Å². The Morgan fingerprint density at radius 1 is 1.33 bits per heavy atom. The van der Waals surface area contributed by atoms with Crippen molar-refractivity contribution in [1.82, 2.24) is 5.43 Å². The van der Waals surface area contributed by atoms with Crippen LogP contribution in [0.2, 0.25) is 0 Å². The van der Waals surface area contributed by atoms with Crippen molar-refractivity contribution in [3.63, 3.8) is 0 Å². The molecule has 0 aromatic heterocycles. The average molecular weight is 309 g/mol.